The maximum absolute atomic E-state index is 13.7. The first kappa shape index (κ1) is 27.4. The van der Waals surface area contributed by atoms with E-state index in [1.807, 2.05) is 39.8 Å². The molecule has 0 saturated carbocycles. The number of hydrogen-bond donors (Lipinski definition) is 0. The highest BCUT2D eigenvalue weighted by Gasteiger charge is 2.40. The molecule has 2 aromatic rings. The Labute approximate surface area is 209 Å². The van der Waals surface area contributed by atoms with Gasteiger partial charge >= 0.3 is 0 Å². The van der Waals surface area contributed by atoms with Gasteiger partial charge in [0.05, 0.1) is 14.2 Å². The van der Waals surface area contributed by atoms with Crippen molar-refractivity contribution in [1.82, 2.24) is 8.61 Å². The number of piperazine rings is 1. The average Bonchev–Trinajstić information content (AvgIpc) is 2.82. The molecule has 0 amide bonds. The number of hydrogen-bond acceptors (Lipinski definition) is 6. The topological polar surface area (TPSA) is 93.2 Å². The Balaban J connectivity index is 1.93. The molecule has 1 unspecified atom stereocenters. The number of rotatable bonds is 8. The Bertz CT molecular complexity index is 1270. The van der Waals surface area contributed by atoms with Crippen LogP contribution >= 0.6 is 0 Å². The minimum Gasteiger partial charge on any atom is -0.495 e. The van der Waals surface area contributed by atoms with Gasteiger partial charge in [-0.15, -0.1) is 0 Å². The molecule has 1 aliphatic heterocycles. The van der Waals surface area contributed by atoms with Crippen molar-refractivity contribution in [3.63, 3.8) is 0 Å². The van der Waals surface area contributed by atoms with Crippen LogP contribution in [-0.4, -0.2) is 65.3 Å². The van der Waals surface area contributed by atoms with Crippen LogP contribution in [0.4, 0.5) is 0 Å². The summed E-state index contributed by atoms with van der Waals surface area (Å²) in [6.45, 7) is 9.79. The Hall–Kier alpha value is -2.14. The fourth-order valence-corrected chi connectivity index (χ4v) is 7.76. The molecule has 3 rings (SSSR count). The third kappa shape index (κ3) is 5.35. The molecule has 1 aliphatic rings. The lowest BCUT2D eigenvalue weighted by Crippen LogP contribution is -2.55. The second-order valence-corrected chi connectivity index (χ2v) is 13.2. The van der Waals surface area contributed by atoms with Gasteiger partial charge in [0.2, 0.25) is 20.0 Å². The van der Waals surface area contributed by atoms with E-state index in [0.29, 0.717) is 0 Å². The van der Waals surface area contributed by atoms with Gasteiger partial charge in [-0.2, -0.15) is 8.61 Å². The molecule has 1 fully saturated rings. The van der Waals surface area contributed by atoms with E-state index >= 15 is 0 Å². The van der Waals surface area contributed by atoms with Crippen molar-refractivity contribution < 1.29 is 26.3 Å². The predicted octanol–water partition coefficient (Wildman–Crippen LogP) is 4.03. The molecule has 2 aromatic carbocycles. The van der Waals surface area contributed by atoms with Crippen LogP contribution in [0, 0.1) is 0 Å². The molecule has 10 heteroatoms. The molecule has 1 atom stereocenters. The van der Waals surface area contributed by atoms with Crippen LogP contribution in [-0.2, 0) is 20.0 Å². The van der Waals surface area contributed by atoms with Crippen molar-refractivity contribution in [2.75, 3.05) is 33.9 Å². The summed E-state index contributed by atoms with van der Waals surface area (Å²) in [5.41, 5.74) is 1.77. The van der Waals surface area contributed by atoms with Crippen LogP contribution in [0.1, 0.15) is 57.6 Å². The van der Waals surface area contributed by atoms with Crippen LogP contribution in [0.5, 0.6) is 11.5 Å². The predicted molar refractivity (Wildman–Crippen MR) is 136 cm³/mol. The van der Waals surface area contributed by atoms with Crippen molar-refractivity contribution in [2.24, 2.45) is 0 Å². The van der Waals surface area contributed by atoms with E-state index in [9.17, 15) is 16.8 Å². The Morgan fingerprint density at radius 3 is 1.63 bits per heavy atom. The second kappa shape index (κ2) is 10.5. The lowest BCUT2D eigenvalue weighted by Gasteiger charge is -2.38. The number of methoxy groups -OCH3 is 2. The summed E-state index contributed by atoms with van der Waals surface area (Å²) in [5.74, 6) is 0.831. The molecule has 0 bridgehead atoms. The molecule has 8 nitrogen and oxygen atoms in total. The SMILES string of the molecule is COc1ccc(C(C)C)cc1S(=O)(=O)N1CCN(S(=O)(=O)c2cc(C(C)C)ccc2OC)C(C)C1. The van der Waals surface area contributed by atoms with Crippen LogP contribution in [0.2, 0.25) is 0 Å². The van der Waals surface area contributed by atoms with Gasteiger partial charge in [0.25, 0.3) is 0 Å². The smallest absolute Gasteiger partial charge is 0.247 e. The van der Waals surface area contributed by atoms with E-state index in [0.717, 1.165) is 11.1 Å². The second-order valence-electron chi connectivity index (χ2n) is 9.46. The van der Waals surface area contributed by atoms with Gasteiger partial charge in [0.15, 0.2) is 0 Å². The van der Waals surface area contributed by atoms with Crippen molar-refractivity contribution in [3.05, 3.63) is 47.5 Å². The van der Waals surface area contributed by atoms with E-state index in [1.165, 1.54) is 22.8 Å². The Morgan fingerprint density at radius 1 is 0.771 bits per heavy atom. The van der Waals surface area contributed by atoms with Crippen molar-refractivity contribution in [3.8, 4) is 11.5 Å². The molecule has 0 N–H and O–H groups in total. The van der Waals surface area contributed by atoms with E-state index in [-0.39, 0.29) is 52.8 Å². The molecule has 1 saturated heterocycles. The van der Waals surface area contributed by atoms with Gasteiger partial charge < -0.3 is 9.47 Å². The van der Waals surface area contributed by atoms with Crippen molar-refractivity contribution in [1.29, 1.82) is 0 Å². The van der Waals surface area contributed by atoms with Crippen molar-refractivity contribution in [2.45, 2.75) is 62.3 Å². The molecule has 35 heavy (non-hydrogen) atoms. The number of benzene rings is 2. The standard InChI is InChI=1S/C25H36N2O6S2/c1-17(2)20-8-10-22(32-6)24(14-20)34(28,29)26-12-13-27(19(5)16-26)35(30,31)25-15-21(18(3)4)9-11-23(25)33-7/h8-11,14-15,17-19H,12-13,16H2,1-7H3. The minimum atomic E-state index is -3.91. The zero-order valence-electron chi connectivity index (χ0n) is 21.5. The summed E-state index contributed by atoms with van der Waals surface area (Å²) >= 11 is 0. The highest BCUT2D eigenvalue weighted by atomic mass is 32.2. The lowest BCUT2D eigenvalue weighted by atomic mass is 10.0. The highest BCUT2D eigenvalue weighted by Crippen LogP contribution is 2.34. The summed E-state index contributed by atoms with van der Waals surface area (Å²) in [7, 11) is -4.93. The zero-order valence-corrected chi connectivity index (χ0v) is 23.1. The van der Waals surface area contributed by atoms with E-state index in [2.05, 4.69) is 0 Å². The average molecular weight is 525 g/mol. The molecular formula is C25H36N2O6S2. The first-order valence-electron chi connectivity index (χ1n) is 11.7. The maximum atomic E-state index is 13.7. The molecule has 0 radical (unpaired) electrons. The molecule has 0 spiro atoms. The van der Waals surface area contributed by atoms with Gasteiger partial charge in [0.1, 0.15) is 21.3 Å². The molecular weight excluding hydrogens is 488 g/mol. The van der Waals surface area contributed by atoms with Gasteiger partial charge in [-0.3, -0.25) is 0 Å². The van der Waals surface area contributed by atoms with Gasteiger partial charge in [0, 0.05) is 25.7 Å². The van der Waals surface area contributed by atoms with Crippen LogP contribution in [0.25, 0.3) is 0 Å². The lowest BCUT2D eigenvalue weighted by molar-refractivity contribution is 0.212. The monoisotopic (exact) mass is 524 g/mol. The van der Waals surface area contributed by atoms with Crippen LogP contribution < -0.4 is 9.47 Å². The summed E-state index contributed by atoms with van der Waals surface area (Å²) in [5, 5.41) is 0. The summed E-state index contributed by atoms with van der Waals surface area (Å²) in [6, 6.07) is 9.77. The summed E-state index contributed by atoms with van der Waals surface area (Å²) in [6.07, 6.45) is 0. The van der Waals surface area contributed by atoms with Crippen LogP contribution in [0.15, 0.2) is 46.2 Å². The third-order valence-electron chi connectivity index (χ3n) is 6.44. The van der Waals surface area contributed by atoms with E-state index in [4.69, 9.17) is 9.47 Å². The third-order valence-corrected chi connectivity index (χ3v) is 10.4. The normalized spacial score (nSPS) is 18.3. The number of sulfonamides is 2. The van der Waals surface area contributed by atoms with Crippen LogP contribution in [0.3, 0.4) is 0 Å². The maximum Gasteiger partial charge on any atom is 0.247 e. The fraction of sp³-hybridized carbons (Fsp3) is 0.520. The largest absolute Gasteiger partial charge is 0.495 e. The molecule has 0 aromatic heterocycles. The highest BCUT2D eigenvalue weighted by molar-refractivity contribution is 7.89. The number of nitrogens with zero attached hydrogens (tertiary/aromatic N) is 2. The Morgan fingerprint density at radius 2 is 1.23 bits per heavy atom. The van der Waals surface area contributed by atoms with Gasteiger partial charge in [-0.05, 0) is 54.2 Å². The van der Waals surface area contributed by atoms with Gasteiger partial charge in [-0.1, -0.05) is 39.8 Å². The minimum absolute atomic E-state index is 0.0306. The molecule has 0 aliphatic carbocycles. The quantitative estimate of drug-likeness (QED) is 0.518. The Kier molecular flexibility index (Phi) is 8.20. The first-order valence-corrected chi connectivity index (χ1v) is 14.6. The summed E-state index contributed by atoms with van der Waals surface area (Å²) < 4.78 is 67.9. The van der Waals surface area contributed by atoms with E-state index in [1.54, 1.807) is 31.2 Å². The van der Waals surface area contributed by atoms with Gasteiger partial charge in [-0.25, -0.2) is 16.8 Å². The molecule has 1 heterocycles. The number of ether oxygens (including phenoxy) is 2. The fourth-order valence-electron chi connectivity index (χ4n) is 4.26. The van der Waals surface area contributed by atoms with Crippen molar-refractivity contribution >= 4 is 20.0 Å². The first-order chi connectivity index (χ1) is 16.3. The molecule has 194 valence electrons. The summed E-state index contributed by atoms with van der Waals surface area (Å²) in [4.78, 5) is 0.196. The van der Waals surface area contributed by atoms with E-state index < -0.39 is 26.1 Å². The zero-order chi connectivity index (χ0) is 26.1.